The molecule has 3 aromatic rings. The Bertz CT molecular complexity index is 1510. The third-order valence-corrected chi connectivity index (χ3v) is 6.70. The fourth-order valence-electron chi connectivity index (χ4n) is 2.98. The summed E-state index contributed by atoms with van der Waals surface area (Å²) in [5.74, 6) is -1.33. The van der Waals surface area contributed by atoms with Crippen LogP contribution in [-0.4, -0.2) is 82.7 Å². The molecule has 1 atom stereocenters. The van der Waals surface area contributed by atoms with Gasteiger partial charge in [0.15, 0.2) is 0 Å². The molecular formula is C18H19N6Na3O11S3. The minimum absolute atomic E-state index is 0. The van der Waals surface area contributed by atoms with Crippen LogP contribution >= 0.6 is 12.0 Å². The van der Waals surface area contributed by atoms with Gasteiger partial charge in [-0.15, -0.1) is 0 Å². The maximum absolute atomic E-state index is 11.9. The Hall–Kier alpha value is 0.0800. The van der Waals surface area contributed by atoms with E-state index in [9.17, 15) is 36.3 Å². The van der Waals surface area contributed by atoms with Crippen molar-refractivity contribution < 1.29 is 139 Å². The number of hydrogen-bond donors (Lipinski definition) is 5. The monoisotopic (exact) mass is 660 g/mol. The zero-order chi connectivity index (χ0) is 27.9. The second-order valence-corrected chi connectivity index (χ2v) is 11.0. The van der Waals surface area contributed by atoms with Crippen LogP contribution in [0, 0.1) is 0 Å². The predicted molar refractivity (Wildman–Crippen MR) is 128 cm³/mol. The largest absolute Gasteiger partial charge is 1.00 e. The van der Waals surface area contributed by atoms with Crippen molar-refractivity contribution >= 4 is 66.6 Å². The van der Waals surface area contributed by atoms with Crippen LogP contribution in [0.5, 0.6) is 0 Å². The Morgan fingerprint density at radius 1 is 0.951 bits per heavy atom. The van der Waals surface area contributed by atoms with Gasteiger partial charge in [0.2, 0.25) is 17.8 Å². The van der Waals surface area contributed by atoms with Crippen LogP contribution in [0.2, 0.25) is 0 Å². The molecule has 1 aromatic heterocycles. The molecule has 2 aromatic carbocycles. The fourth-order valence-corrected chi connectivity index (χ4v) is 4.46. The normalized spacial score (nSPS) is 11.9. The van der Waals surface area contributed by atoms with Gasteiger partial charge in [0.25, 0.3) is 0 Å². The van der Waals surface area contributed by atoms with Gasteiger partial charge in [0.05, 0.1) is 45.5 Å². The number of aliphatic hydroxyl groups is 2. The number of aromatic nitrogens is 3. The topological polar surface area (TPSA) is 271 Å². The van der Waals surface area contributed by atoms with E-state index in [0.717, 1.165) is 6.07 Å². The molecule has 1 heterocycles. The quantitative estimate of drug-likeness (QED) is 0.0353. The van der Waals surface area contributed by atoms with Crippen molar-refractivity contribution in [1.29, 1.82) is 0 Å². The van der Waals surface area contributed by atoms with Gasteiger partial charge in [0.1, 0.15) is 10.1 Å². The number of nitrogens with zero attached hydrogens (tertiary/aromatic N) is 3. The summed E-state index contributed by atoms with van der Waals surface area (Å²) in [6.45, 7) is -1.10. The van der Waals surface area contributed by atoms with Crippen molar-refractivity contribution in [2.24, 2.45) is 0 Å². The van der Waals surface area contributed by atoms with Crippen LogP contribution in [0.25, 0.3) is 10.8 Å². The molecule has 3 rings (SSSR count). The Labute approximate surface area is 305 Å². The first-order chi connectivity index (χ1) is 17.9. The van der Waals surface area contributed by atoms with Gasteiger partial charge in [-0.25, -0.2) is 16.8 Å². The van der Waals surface area contributed by atoms with Gasteiger partial charge in [-0.1, -0.05) is 6.07 Å². The average molecular weight is 661 g/mol. The molecule has 0 aliphatic heterocycles. The number of benzene rings is 2. The van der Waals surface area contributed by atoms with Crippen molar-refractivity contribution in [2.75, 3.05) is 41.4 Å². The molecule has 0 radical (unpaired) electrons. The Balaban J connectivity index is 0.00000533. The van der Waals surface area contributed by atoms with Gasteiger partial charge < -0.3 is 40.5 Å². The summed E-state index contributed by atoms with van der Waals surface area (Å²) in [5, 5.41) is 40.2. The molecule has 0 aliphatic rings. The van der Waals surface area contributed by atoms with Crippen LogP contribution in [0.1, 0.15) is 0 Å². The van der Waals surface area contributed by atoms with E-state index in [-0.39, 0.29) is 136 Å². The zero-order valence-corrected chi connectivity index (χ0v) is 30.4. The second-order valence-electron chi connectivity index (χ2n) is 7.37. The zero-order valence-electron chi connectivity index (χ0n) is 21.9. The smallest absolute Gasteiger partial charge is 0.748 e. The van der Waals surface area contributed by atoms with Gasteiger partial charge in [-0.05, 0) is 35.0 Å². The first-order valence-electron chi connectivity index (χ1n) is 10.3. The summed E-state index contributed by atoms with van der Waals surface area (Å²) in [7, 11) is -9.49. The third kappa shape index (κ3) is 13.7. The summed E-state index contributed by atoms with van der Waals surface area (Å²) in [6.07, 6.45) is -1.17. The van der Waals surface area contributed by atoms with E-state index in [0.29, 0.717) is 16.9 Å². The van der Waals surface area contributed by atoms with E-state index in [2.05, 4.69) is 40.3 Å². The van der Waals surface area contributed by atoms with Crippen LogP contribution < -0.4 is 110 Å². The van der Waals surface area contributed by atoms with Gasteiger partial charge in [-0.3, -0.25) is 5.04 Å². The number of fused-ring (bicyclic) bond motifs is 1. The number of aliphatic hydroxyl groups excluding tert-OH is 2. The maximum Gasteiger partial charge on any atom is 1.00 e. The SMILES string of the molecule is O=S(=O)([O-])CCNc1nc(NCC(O)CO)nc(Nc2cc(S(=O)(=O)[O-])c3ccc(SOO[O-])cc3c2)n1.[Na+].[Na+].[Na+]. The summed E-state index contributed by atoms with van der Waals surface area (Å²) in [4.78, 5) is 11.8. The van der Waals surface area contributed by atoms with E-state index in [1.54, 1.807) is 0 Å². The van der Waals surface area contributed by atoms with Gasteiger partial charge in [0, 0.05) is 23.7 Å². The number of nitrogens with one attached hydrogen (secondary N) is 3. The summed E-state index contributed by atoms with van der Waals surface area (Å²) < 4.78 is 72.7. The van der Waals surface area contributed by atoms with E-state index in [1.807, 2.05) is 0 Å². The molecule has 5 N–H and O–H groups in total. The van der Waals surface area contributed by atoms with Crippen LogP contribution in [0.15, 0.2) is 40.1 Å². The Morgan fingerprint density at radius 2 is 1.59 bits per heavy atom. The van der Waals surface area contributed by atoms with Crippen molar-refractivity contribution in [1.82, 2.24) is 15.0 Å². The minimum atomic E-state index is -4.96. The molecular weight excluding hydrogens is 641 g/mol. The molecule has 23 heteroatoms. The molecule has 1 unspecified atom stereocenters. The van der Waals surface area contributed by atoms with Crippen molar-refractivity contribution in [3.63, 3.8) is 0 Å². The Morgan fingerprint density at radius 3 is 2.17 bits per heavy atom. The summed E-state index contributed by atoms with van der Waals surface area (Å²) in [6, 6.07) is 6.64. The van der Waals surface area contributed by atoms with E-state index in [1.165, 1.54) is 24.3 Å². The van der Waals surface area contributed by atoms with Crippen molar-refractivity contribution in [3.05, 3.63) is 30.3 Å². The van der Waals surface area contributed by atoms with Gasteiger partial charge in [-0.2, -0.15) is 19.3 Å². The molecule has 0 fully saturated rings. The van der Waals surface area contributed by atoms with E-state index in [4.69, 9.17) is 5.11 Å². The molecule has 208 valence electrons. The van der Waals surface area contributed by atoms with Crippen LogP contribution in [-0.2, 0) is 29.6 Å². The van der Waals surface area contributed by atoms with Crippen molar-refractivity contribution in [3.8, 4) is 0 Å². The van der Waals surface area contributed by atoms with Crippen molar-refractivity contribution in [2.45, 2.75) is 15.9 Å². The number of rotatable bonds is 14. The first kappa shape index (κ1) is 41.1. The summed E-state index contributed by atoms with van der Waals surface area (Å²) in [5.41, 5.74) is 0.0377. The average Bonchev–Trinajstić information content (AvgIpc) is 2.84. The first-order valence-corrected chi connectivity index (χ1v) is 14.0. The standard InChI is InChI=1S/C18H22N6O11S3.3Na/c25-9-12(26)8-20-17-22-16(19-3-4-37(28,29)30)23-18(24-17)21-11-5-10-6-13(36-35-34-27)1-2-14(10)15(7-11)38(31,32)33;;;/h1-2,5-7,12,25-27H,3-4,8-9H2,(H,28,29,30)(H,31,32,33)(H3,19,20,21,22,23,24);;;/q;3*+1/p-3. The predicted octanol–water partition coefficient (Wildman–Crippen LogP) is -10.4. The summed E-state index contributed by atoms with van der Waals surface area (Å²) >= 11 is 0.546. The maximum atomic E-state index is 11.9. The Kier molecular flexibility index (Phi) is 18.8. The second kappa shape index (κ2) is 18.8. The van der Waals surface area contributed by atoms with E-state index >= 15 is 0 Å². The number of anilines is 4. The molecule has 0 saturated carbocycles. The number of hydrogen-bond acceptors (Lipinski definition) is 18. The minimum Gasteiger partial charge on any atom is -0.748 e. The van der Waals surface area contributed by atoms with E-state index < -0.39 is 43.6 Å². The van der Waals surface area contributed by atoms with Crippen LogP contribution in [0.3, 0.4) is 0 Å². The fraction of sp³-hybridized carbons (Fsp3) is 0.278. The molecule has 0 amide bonds. The van der Waals surface area contributed by atoms with Gasteiger partial charge >= 0.3 is 88.7 Å². The molecule has 0 aliphatic carbocycles. The molecule has 0 bridgehead atoms. The molecule has 41 heavy (non-hydrogen) atoms. The molecule has 0 saturated heterocycles. The molecule has 17 nitrogen and oxygen atoms in total. The molecule has 0 spiro atoms. The third-order valence-electron chi connectivity index (χ3n) is 4.55. The van der Waals surface area contributed by atoms with Crippen LogP contribution in [0.4, 0.5) is 23.5 Å².